The van der Waals surface area contributed by atoms with Crippen molar-refractivity contribution in [1.82, 2.24) is 0 Å². The molecule has 2 heteroatoms. The molecule has 1 aliphatic rings. The fourth-order valence-corrected chi connectivity index (χ4v) is 3.62. The Hall–Kier alpha value is 0.310. The summed E-state index contributed by atoms with van der Waals surface area (Å²) in [6.07, 6.45) is 7.00. The molecule has 1 saturated carbocycles. The summed E-state index contributed by atoms with van der Waals surface area (Å²) in [7, 11) is 0. The molecule has 1 fully saturated rings. The molecule has 1 nitrogen and oxygen atoms in total. The maximum absolute atomic E-state index is 5.83. The van der Waals surface area contributed by atoms with Crippen molar-refractivity contribution in [2.45, 2.75) is 56.5 Å². The molecule has 0 radical (unpaired) electrons. The average molecular weight is 201 g/mol. The first-order valence-corrected chi connectivity index (χ1v) is 6.54. The SMILES string of the molecule is CC(C)SC1CCCCCC1CN. The van der Waals surface area contributed by atoms with Gasteiger partial charge in [0.15, 0.2) is 0 Å². The Kier molecular flexibility index (Phi) is 5.18. The Morgan fingerprint density at radius 2 is 1.92 bits per heavy atom. The predicted octanol–water partition coefficient (Wildman–Crippen LogP) is 3.04. The molecule has 0 spiro atoms. The third-order valence-electron chi connectivity index (χ3n) is 2.84. The van der Waals surface area contributed by atoms with Gasteiger partial charge in [0.05, 0.1) is 0 Å². The van der Waals surface area contributed by atoms with Crippen LogP contribution in [0.3, 0.4) is 0 Å². The van der Waals surface area contributed by atoms with E-state index in [0.29, 0.717) is 0 Å². The van der Waals surface area contributed by atoms with Gasteiger partial charge < -0.3 is 5.73 Å². The van der Waals surface area contributed by atoms with Gasteiger partial charge in [-0.25, -0.2) is 0 Å². The Morgan fingerprint density at radius 1 is 1.23 bits per heavy atom. The summed E-state index contributed by atoms with van der Waals surface area (Å²) in [5, 5.41) is 1.60. The minimum absolute atomic E-state index is 0.761. The third kappa shape index (κ3) is 3.90. The first-order chi connectivity index (χ1) is 6.24. The topological polar surface area (TPSA) is 26.0 Å². The van der Waals surface area contributed by atoms with Crippen LogP contribution in [0, 0.1) is 5.92 Å². The van der Waals surface area contributed by atoms with Gasteiger partial charge in [-0.05, 0) is 30.6 Å². The molecule has 0 saturated heterocycles. The fourth-order valence-electron chi connectivity index (χ4n) is 2.15. The van der Waals surface area contributed by atoms with E-state index in [1.165, 1.54) is 32.1 Å². The largest absolute Gasteiger partial charge is 0.330 e. The van der Waals surface area contributed by atoms with Gasteiger partial charge in [0.1, 0.15) is 0 Å². The molecule has 0 heterocycles. The summed E-state index contributed by atoms with van der Waals surface area (Å²) < 4.78 is 0. The Labute approximate surface area is 86.8 Å². The van der Waals surface area contributed by atoms with Crippen molar-refractivity contribution in [3.8, 4) is 0 Å². The molecule has 0 aromatic heterocycles. The Balaban J connectivity index is 2.44. The van der Waals surface area contributed by atoms with E-state index in [1.54, 1.807) is 0 Å². The van der Waals surface area contributed by atoms with Crippen molar-refractivity contribution < 1.29 is 0 Å². The molecule has 1 aliphatic carbocycles. The van der Waals surface area contributed by atoms with E-state index in [0.717, 1.165) is 23.0 Å². The highest BCUT2D eigenvalue weighted by Crippen LogP contribution is 2.33. The highest BCUT2D eigenvalue weighted by atomic mass is 32.2. The van der Waals surface area contributed by atoms with Gasteiger partial charge in [-0.3, -0.25) is 0 Å². The standard InChI is InChI=1S/C11H23NS/c1-9(2)13-11-7-5-3-4-6-10(11)8-12/h9-11H,3-8,12H2,1-2H3. The molecular weight excluding hydrogens is 178 g/mol. The van der Waals surface area contributed by atoms with Crippen LogP contribution in [-0.4, -0.2) is 17.0 Å². The van der Waals surface area contributed by atoms with E-state index in [9.17, 15) is 0 Å². The summed E-state index contributed by atoms with van der Waals surface area (Å²) in [4.78, 5) is 0. The van der Waals surface area contributed by atoms with Gasteiger partial charge in [0, 0.05) is 5.25 Å². The van der Waals surface area contributed by atoms with Crippen molar-refractivity contribution in [1.29, 1.82) is 0 Å². The lowest BCUT2D eigenvalue weighted by atomic mass is 10.0. The van der Waals surface area contributed by atoms with Crippen molar-refractivity contribution in [3.63, 3.8) is 0 Å². The highest BCUT2D eigenvalue weighted by molar-refractivity contribution is 8.00. The maximum Gasteiger partial charge on any atom is 0.00899 e. The molecule has 1 rings (SSSR count). The van der Waals surface area contributed by atoms with E-state index in [2.05, 4.69) is 25.6 Å². The number of rotatable bonds is 3. The van der Waals surface area contributed by atoms with Crippen LogP contribution < -0.4 is 5.73 Å². The van der Waals surface area contributed by atoms with Gasteiger partial charge in [-0.1, -0.05) is 33.1 Å². The van der Waals surface area contributed by atoms with Gasteiger partial charge in [0.2, 0.25) is 0 Å². The molecule has 2 N–H and O–H groups in total. The first-order valence-electron chi connectivity index (χ1n) is 5.59. The van der Waals surface area contributed by atoms with Crippen LogP contribution in [0.2, 0.25) is 0 Å². The summed E-state index contributed by atoms with van der Waals surface area (Å²) in [6, 6.07) is 0. The number of hydrogen-bond acceptors (Lipinski definition) is 2. The monoisotopic (exact) mass is 201 g/mol. The number of thioether (sulfide) groups is 1. The van der Waals surface area contributed by atoms with Crippen molar-refractivity contribution in [3.05, 3.63) is 0 Å². The molecule has 0 aromatic carbocycles. The molecule has 2 atom stereocenters. The Morgan fingerprint density at radius 3 is 2.54 bits per heavy atom. The van der Waals surface area contributed by atoms with E-state index in [-0.39, 0.29) is 0 Å². The van der Waals surface area contributed by atoms with Gasteiger partial charge >= 0.3 is 0 Å². The van der Waals surface area contributed by atoms with Crippen molar-refractivity contribution in [2.75, 3.05) is 6.54 Å². The average Bonchev–Trinajstić information content (AvgIpc) is 2.28. The second kappa shape index (κ2) is 5.92. The van der Waals surface area contributed by atoms with E-state index >= 15 is 0 Å². The summed E-state index contributed by atoms with van der Waals surface area (Å²) in [6.45, 7) is 5.48. The van der Waals surface area contributed by atoms with E-state index < -0.39 is 0 Å². The maximum atomic E-state index is 5.83. The molecule has 0 amide bonds. The molecule has 0 aromatic rings. The molecule has 0 bridgehead atoms. The molecular formula is C11H23NS. The summed E-state index contributed by atoms with van der Waals surface area (Å²) >= 11 is 2.14. The summed E-state index contributed by atoms with van der Waals surface area (Å²) in [5.74, 6) is 0.787. The van der Waals surface area contributed by atoms with Gasteiger partial charge in [-0.15, -0.1) is 0 Å². The first kappa shape index (κ1) is 11.4. The predicted molar refractivity (Wildman–Crippen MR) is 62.1 cm³/mol. The zero-order valence-electron chi connectivity index (χ0n) is 8.96. The number of hydrogen-bond donors (Lipinski definition) is 1. The number of nitrogens with two attached hydrogens (primary N) is 1. The highest BCUT2D eigenvalue weighted by Gasteiger charge is 2.23. The normalized spacial score (nSPS) is 30.5. The van der Waals surface area contributed by atoms with Crippen LogP contribution in [0.5, 0.6) is 0 Å². The fraction of sp³-hybridized carbons (Fsp3) is 1.00. The van der Waals surface area contributed by atoms with Gasteiger partial charge in [-0.2, -0.15) is 11.8 Å². The van der Waals surface area contributed by atoms with Gasteiger partial charge in [0.25, 0.3) is 0 Å². The lowest BCUT2D eigenvalue weighted by Crippen LogP contribution is -2.25. The van der Waals surface area contributed by atoms with Crippen molar-refractivity contribution >= 4 is 11.8 Å². The lowest BCUT2D eigenvalue weighted by Gasteiger charge is -2.24. The second-order valence-corrected chi connectivity index (χ2v) is 6.18. The third-order valence-corrected chi connectivity index (χ3v) is 4.35. The zero-order valence-corrected chi connectivity index (χ0v) is 9.78. The molecule has 0 aliphatic heterocycles. The molecule has 2 unspecified atom stereocenters. The smallest absolute Gasteiger partial charge is 0.00899 e. The second-order valence-electron chi connectivity index (χ2n) is 4.36. The quantitative estimate of drug-likeness (QED) is 0.710. The van der Waals surface area contributed by atoms with Crippen LogP contribution in [0.25, 0.3) is 0 Å². The van der Waals surface area contributed by atoms with E-state index in [1.807, 2.05) is 0 Å². The van der Waals surface area contributed by atoms with Crippen molar-refractivity contribution in [2.24, 2.45) is 11.7 Å². The van der Waals surface area contributed by atoms with Crippen LogP contribution in [0.4, 0.5) is 0 Å². The van der Waals surface area contributed by atoms with Crippen LogP contribution in [0.15, 0.2) is 0 Å². The lowest BCUT2D eigenvalue weighted by molar-refractivity contribution is 0.483. The molecule has 78 valence electrons. The minimum atomic E-state index is 0.761. The summed E-state index contributed by atoms with van der Waals surface area (Å²) in [5.41, 5.74) is 5.83. The van der Waals surface area contributed by atoms with Crippen LogP contribution in [-0.2, 0) is 0 Å². The van der Waals surface area contributed by atoms with Crippen LogP contribution in [0.1, 0.15) is 46.0 Å². The van der Waals surface area contributed by atoms with E-state index in [4.69, 9.17) is 5.73 Å². The zero-order chi connectivity index (χ0) is 9.68. The van der Waals surface area contributed by atoms with Crippen LogP contribution >= 0.6 is 11.8 Å². The molecule has 13 heavy (non-hydrogen) atoms. The minimum Gasteiger partial charge on any atom is -0.330 e. The Bertz CT molecular complexity index is 136.